The Bertz CT molecular complexity index is 3520. The molecule has 0 aliphatic heterocycles. The van der Waals surface area contributed by atoms with Gasteiger partial charge < -0.3 is 8.98 Å². The first-order valence-corrected chi connectivity index (χ1v) is 19.1. The second kappa shape index (κ2) is 12.3. The summed E-state index contributed by atoms with van der Waals surface area (Å²) in [5, 5.41) is 6.73. The highest BCUT2D eigenvalue weighted by atomic mass is 16.3. The minimum atomic E-state index is 0.552. The van der Waals surface area contributed by atoms with Crippen molar-refractivity contribution >= 4 is 65.6 Å². The maximum absolute atomic E-state index is 6.28. The number of aromatic nitrogens is 5. The smallest absolute Gasteiger partial charge is 0.238 e. The van der Waals surface area contributed by atoms with Gasteiger partial charge in [-0.3, -0.25) is 4.57 Å². The second-order valence-electron chi connectivity index (χ2n) is 14.4. The van der Waals surface area contributed by atoms with Crippen LogP contribution >= 0.6 is 0 Å². The van der Waals surface area contributed by atoms with E-state index in [1.807, 2.05) is 36.4 Å². The molecule has 4 aromatic heterocycles. The molecule has 266 valence electrons. The van der Waals surface area contributed by atoms with Crippen molar-refractivity contribution in [3.63, 3.8) is 0 Å². The quantitative estimate of drug-likeness (QED) is 0.177. The highest BCUT2D eigenvalue weighted by Crippen LogP contribution is 2.42. The Morgan fingerprint density at radius 2 is 0.877 bits per heavy atom. The molecule has 6 nitrogen and oxygen atoms in total. The second-order valence-corrected chi connectivity index (χ2v) is 14.4. The number of rotatable bonds is 5. The Balaban J connectivity index is 1.20. The van der Waals surface area contributed by atoms with Crippen molar-refractivity contribution in [2.45, 2.75) is 0 Å². The molecule has 12 aromatic rings. The van der Waals surface area contributed by atoms with Crippen LogP contribution in [-0.2, 0) is 0 Å². The van der Waals surface area contributed by atoms with Crippen molar-refractivity contribution in [1.29, 1.82) is 0 Å². The Morgan fingerprint density at radius 1 is 0.333 bits per heavy atom. The summed E-state index contributed by atoms with van der Waals surface area (Å²) in [4.78, 5) is 15.8. The predicted molar refractivity (Wildman–Crippen MR) is 232 cm³/mol. The van der Waals surface area contributed by atoms with E-state index in [4.69, 9.17) is 19.4 Å². The van der Waals surface area contributed by atoms with Crippen LogP contribution in [0.15, 0.2) is 192 Å². The van der Waals surface area contributed by atoms with Crippen molar-refractivity contribution in [3.8, 4) is 45.5 Å². The fraction of sp³-hybridized carbons (Fsp3) is 0. The third kappa shape index (κ3) is 4.87. The summed E-state index contributed by atoms with van der Waals surface area (Å²) in [5.74, 6) is 1.76. The number of benzene rings is 8. The number of hydrogen-bond acceptors (Lipinski definition) is 4. The SMILES string of the molecule is c1ccc(-c2cccc(-c3nc(-c4ccccc4)nc(-n4c5ccccc5c5ccc6c7ccccc7n(-c7ccc8oc9ccccc9c8c7)c6c54)n3)c2)cc1. The Hall–Kier alpha value is -7.83. The van der Waals surface area contributed by atoms with Crippen LogP contribution in [-0.4, -0.2) is 24.1 Å². The summed E-state index contributed by atoms with van der Waals surface area (Å²) < 4.78 is 10.9. The van der Waals surface area contributed by atoms with Crippen LogP contribution < -0.4 is 0 Å². The van der Waals surface area contributed by atoms with Gasteiger partial charge in [0, 0.05) is 49.1 Å². The lowest BCUT2D eigenvalue weighted by molar-refractivity contribution is 0.669. The molecule has 6 heteroatoms. The van der Waals surface area contributed by atoms with Crippen molar-refractivity contribution in [1.82, 2.24) is 24.1 Å². The van der Waals surface area contributed by atoms with Gasteiger partial charge >= 0.3 is 0 Å². The van der Waals surface area contributed by atoms with Crippen molar-refractivity contribution < 1.29 is 4.42 Å². The van der Waals surface area contributed by atoms with Gasteiger partial charge in [0.05, 0.1) is 22.1 Å². The van der Waals surface area contributed by atoms with Crippen LogP contribution in [0, 0.1) is 0 Å². The van der Waals surface area contributed by atoms with E-state index in [1.54, 1.807) is 0 Å². The molecule has 0 fully saturated rings. The van der Waals surface area contributed by atoms with E-state index in [0.29, 0.717) is 17.6 Å². The Morgan fingerprint density at radius 3 is 1.61 bits per heavy atom. The van der Waals surface area contributed by atoms with Gasteiger partial charge in [0.15, 0.2) is 11.6 Å². The topological polar surface area (TPSA) is 61.7 Å². The van der Waals surface area contributed by atoms with Crippen LogP contribution in [0.3, 0.4) is 0 Å². The molecule has 0 amide bonds. The molecule has 8 aromatic carbocycles. The first-order valence-electron chi connectivity index (χ1n) is 19.1. The molecule has 57 heavy (non-hydrogen) atoms. The standard InChI is InChI=1S/C51H31N5O/c1-3-14-32(15-4-1)34-18-13-19-35(30-34)50-52-49(33-16-5-2-6-17-33)53-51(54-50)56-44-24-11-8-21-38(44)41-28-27-40-37-20-7-10-23-43(37)55(47(40)48(41)56)36-26-29-46-42(31-36)39-22-9-12-25-45(39)57-46/h1-31H. The van der Waals surface area contributed by atoms with E-state index in [2.05, 4.69) is 161 Å². The fourth-order valence-corrected chi connectivity index (χ4v) is 8.61. The summed E-state index contributed by atoms with van der Waals surface area (Å²) in [6, 6.07) is 65.5. The van der Waals surface area contributed by atoms with Crippen LogP contribution in [0.4, 0.5) is 0 Å². The molecule has 0 radical (unpaired) electrons. The molecular weight excluding hydrogens is 699 g/mol. The molecule has 0 spiro atoms. The minimum Gasteiger partial charge on any atom is -0.456 e. The monoisotopic (exact) mass is 729 g/mol. The van der Waals surface area contributed by atoms with Gasteiger partial charge in [-0.2, -0.15) is 9.97 Å². The average Bonchev–Trinajstić information content (AvgIpc) is 3.94. The largest absolute Gasteiger partial charge is 0.456 e. The molecule has 0 aliphatic rings. The molecule has 4 heterocycles. The Kier molecular flexibility index (Phi) is 6.83. The van der Waals surface area contributed by atoms with Gasteiger partial charge in [0.1, 0.15) is 11.2 Å². The summed E-state index contributed by atoms with van der Waals surface area (Å²) >= 11 is 0. The highest BCUT2D eigenvalue weighted by Gasteiger charge is 2.24. The molecule has 0 saturated carbocycles. The third-order valence-electron chi connectivity index (χ3n) is 11.2. The summed E-state index contributed by atoms with van der Waals surface area (Å²) in [6.07, 6.45) is 0. The summed E-state index contributed by atoms with van der Waals surface area (Å²) in [6.45, 7) is 0. The lowest BCUT2D eigenvalue weighted by Crippen LogP contribution is -2.07. The molecule has 0 atom stereocenters. The average molecular weight is 730 g/mol. The highest BCUT2D eigenvalue weighted by molar-refractivity contribution is 6.24. The lowest BCUT2D eigenvalue weighted by Gasteiger charge is -2.13. The van der Waals surface area contributed by atoms with E-state index >= 15 is 0 Å². The first kappa shape index (κ1) is 31.5. The van der Waals surface area contributed by atoms with Gasteiger partial charge in [-0.25, -0.2) is 4.98 Å². The van der Waals surface area contributed by atoms with Crippen molar-refractivity contribution in [2.24, 2.45) is 0 Å². The lowest BCUT2D eigenvalue weighted by atomic mass is 10.0. The van der Waals surface area contributed by atoms with E-state index in [-0.39, 0.29) is 0 Å². The molecule has 0 bridgehead atoms. The number of nitrogens with zero attached hydrogens (tertiary/aromatic N) is 5. The van der Waals surface area contributed by atoms with Crippen LogP contribution in [0.2, 0.25) is 0 Å². The molecule has 0 N–H and O–H groups in total. The zero-order valence-corrected chi connectivity index (χ0v) is 30.5. The number of para-hydroxylation sites is 3. The number of furan rings is 1. The Labute approximate surface area is 326 Å². The third-order valence-corrected chi connectivity index (χ3v) is 11.2. The number of hydrogen-bond donors (Lipinski definition) is 0. The molecule has 0 saturated heterocycles. The van der Waals surface area contributed by atoms with E-state index in [0.717, 1.165) is 88.1 Å². The molecule has 0 aliphatic carbocycles. The first-order chi connectivity index (χ1) is 28.3. The predicted octanol–water partition coefficient (Wildman–Crippen LogP) is 13.0. The number of fused-ring (bicyclic) bond motifs is 10. The van der Waals surface area contributed by atoms with Gasteiger partial charge in [-0.05, 0) is 53.6 Å². The molecule has 0 unspecified atom stereocenters. The van der Waals surface area contributed by atoms with Crippen LogP contribution in [0.5, 0.6) is 0 Å². The van der Waals surface area contributed by atoms with E-state index < -0.39 is 0 Å². The van der Waals surface area contributed by atoms with Crippen LogP contribution in [0.1, 0.15) is 0 Å². The fourth-order valence-electron chi connectivity index (χ4n) is 8.61. The summed E-state index contributed by atoms with van der Waals surface area (Å²) in [5.41, 5.74) is 11.1. The maximum atomic E-state index is 6.28. The van der Waals surface area contributed by atoms with Crippen LogP contribution in [0.25, 0.3) is 111 Å². The zero-order chi connectivity index (χ0) is 37.5. The van der Waals surface area contributed by atoms with E-state index in [9.17, 15) is 0 Å². The van der Waals surface area contributed by atoms with E-state index in [1.165, 1.54) is 5.39 Å². The van der Waals surface area contributed by atoms with Gasteiger partial charge in [-0.15, -0.1) is 0 Å². The van der Waals surface area contributed by atoms with Crippen molar-refractivity contribution in [3.05, 3.63) is 188 Å². The molecule has 12 rings (SSSR count). The van der Waals surface area contributed by atoms with Gasteiger partial charge in [0.25, 0.3) is 0 Å². The van der Waals surface area contributed by atoms with Gasteiger partial charge in [0.2, 0.25) is 5.95 Å². The maximum Gasteiger partial charge on any atom is 0.238 e. The zero-order valence-electron chi connectivity index (χ0n) is 30.5. The molecular formula is C51H31N5O. The minimum absolute atomic E-state index is 0.552. The van der Waals surface area contributed by atoms with Gasteiger partial charge in [-0.1, -0.05) is 146 Å². The van der Waals surface area contributed by atoms with Crippen molar-refractivity contribution in [2.75, 3.05) is 0 Å². The summed E-state index contributed by atoms with van der Waals surface area (Å²) in [7, 11) is 0. The normalized spacial score (nSPS) is 11.9.